The Kier molecular flexibility index (Phi) is 2.95. The number of methoxy groups -OCH3 is 1. The Labute approximate surface area is 97.6 Å². The molecule has 0 spiro atoms. The zero-order valence-corrected chi connectivity index (χ0v) is 9.21. The van der Waals surface area contributed by atoms with E-state index in [4.69, 9.17) is 10.5 Å². The molecule has 0 radical (unpaired) electrons. The van der Waals surface area contributed by atoms with Gasteiger partial charge in [0.05, 0.1) is 12.8 Å². The first-order valence-corrected chi connectivity index (χ1v) is 5.01. The van der Waals surface area contributed by atoms with Gasteiger partial charge in [-0.05, 0) is 23.8 Å². The van der Waals surface area contributed by atoms with Crippen molar-refractivity contribution < 1.29 is 13.5 Å². The van der Waals surface area contributed by atoms with E-state index in [-0.39, 0.29) is 5.69 Å². The van der Waals surface area contributed by atoms with Gasteiger partial charge in [-0.2, -0.15) is 0 Å². The van der Waals surface area contributed by atoms with Crippen molar-refractivity contribution in [3.63, 3.8) is 0 Å². The standard InChI is InChI=1S/C13H11F2NO/c1-17-10-4-2-8(3-5-10)11-6-9(14)7-12(15)13(11)16/h2-7H,16H2,1H3. The third-order valence-electron chi connectivity index (χ3n) is 2.50. The Morgan fingerprint density at radius 2 is 1.71 bits per heavy atom. The van der Waals surface area contributed by atoms with Gasteiger partial charge in [0.1, 0.15) is 17.4 Å². The van der Waals surface area contributed by atoms with Crippen molar-refractivity contribution in [3.05, 3.63) is 48.0 Å². The number of hydrogen-bond acceptors (Lipinski definition) is 2. The van der Waals surface area contributed by atoms with E-state index >= 15 is 0 Å². The van der Waals surface area contributed by atoms with E-state index in [9.17, 15) is 8.78 Å². The van der Waals surface area contributed by atoms with Crippen molar-refractivity contribution in [3.8, 4) is 16.9 Å². The SMILES string of the molecule is COc1ccc(-c2cc(F)cc(F)c2N)cc1. The van der Waals surface area contributed by atoms with Crippen molar-refractivity contribution in [2.45, 2.75) is 0 Å². The maximum atomic E-state index is 13.3. The summed E-state index contributed by atoms with van der Waals surface area (Å²) in [7, 11) is 1.55. The molecule has 0 unspecified atom stereocenters. The predicted molar refractivity (Wildman–Crippen MR) is 62.8 cm³/mol. The maximum Gasteiger partial charge on any atom is 0.149 e. The van der Waals surface area contributed by atoms with Crippen LogP contribution in [0.2, 0.25) is 0 Å². The highest BCUT2D eigenvalue weighted by molar-refractivity contribution is 5.76. The summed E-state index contributed by atoms with van der Waals surface area (Å²) in [5, 5.41) is 0. The van der Waals surface area contributed by atoms with Crippen LogP contribution in [-0.4, -0.2) is 7.11 Å². The van der Waals surface area contributed by atoms with Crippen LogP contribution in [0, 0.1) is 11.6 Å². The third-order valence-corrected chi connectivity index (χ3v) is 2.50. The van der Waals surface area contributed by atoms with Gasteiger partial charge in [-0.1, -0.05) is 12.1 Å². The van der Waals surface area contributed by atoms with Crippen LogP contribution in [0.5, 0.6) is 5.75 Å². The molecule has 2 nitrogen and oxygen atoms in total. The van der Waals surface area contributed by atoms with Crippen LogP contribution in [-0.2, 0) is 0 Å². The number of nitrogens with two attached hydrogens (primary N) is 1. The number of anilines is 1. The van der Waals surface area contributed by atoms with Crippen LogP contribution in [0.3, 0.4) is 0 Å². The molecule has 2 aromatic rings. The molecule has 0 heterocycles. The molecule has 0 saturated carbocycles. The molecule has 0 saturated heterocycles. The minimum atomic E-state index is -0.754. The fourth-order valence-electron chi connectivity index (χ4n) is 1.59. The van der Waals surface area contributed by atoms with Crippen molar-refractivity contribution >= 4 is 5.69 Å². The monoisotopic (exact) mass is 235 g/mol. The van der Waals surface area contributed by atoms with Gasteiger partial charge in [-0.15, -0.1) is 0 Å². The number of halogens is 2. The average Bonchev–Trinajstić information content (AvgIpc) is 2.34. The number of benzene rings is 2. The number of nitrogen functional groups attached to an aromatic ring is 1. The van der Waals surface area contributed by atoms with Gasteiger partial charge in [-0.25, -0.2) is 8.78 Å². The summed E-state index contributed by atoms with van der Waals surface area (Å²) in [6.07, 6.45) is 0. The second kappa shape index (κ2) is 4.41. The van der Waals surface area contributed by atoms with E-state index in [2.05, 4.69) is 0 Å². The molecule has 0 bridgehead atoms. The molecule has 88 valence electrons. The molecule has 4 heteroatoms. The van der Waals surface area contributed by atoms with Gasteiger partial charge in [-0.3, -0.25) is 0 Å². The Hall–Kier alpha value is -2.10. The summed E-state index contributed by atoms with van der Waals surface area (Å²) in [4.78, 5) is 0. The zero-order valence-electron chi connectivity index (χ0n) is 9.21. The van der Waals surface area contributed by atoms with Crippen molar-refractivity contribution in [1.82, 2.24) is 0 Å². The summed E-state index contributed by atoms with van der Waals surface area (Å²) >= 11 is 0. The normalized spacial score (nSPS) is 10.3. The smallest absolute Gasteiger partial charge is 0.149 e. The molecule has 0 aliphatic rings. The van der Waals surface area contributed by atoms with Crippen molar-refractivity contribution in [2.75, 3.05) is 12.8 Å². The Morgan fingerprint density at radius 1 is 1.06 bits per heavy atom. The highest BCUT2D eigenvalue weighted by atomic mass is 19.1. The highest BCUT2D eigenvalue weighted by Gasteiger charge is 2.10. The Balaban J connectivity index is 2.52. The van der Waals surface area contributed by atoms with E-state index < -0.39 is 11.6 Å². The van der Waals surface area contributed by atoms with E-state index in [1.165, 1.54) is 6.07 Å². The lowest BCUT2D eigenvalue weighted by atomic mass is 10.0. The fraction of sp³-hybridized carbons (Fsp3) is 0.0769. The first-order chi connectivity index (χ1) is 8.11. The van der Waals surface area contributed by atoms with E-state index in [1.54, 1.807) is 31.4 Å². The molecule has 0 aromatic heterocycles. The van der Waals surface area contributed by atoms with Gasteiger partial charge in [0.25, 0.3) is 0 Å². The van der Waals surface area contributed by atoms with Crippen molar-refractivity contribution in [1.29, 1.82) is 0 Å². The summed E-state index contributed by atoms with van der Waals surface area (Å²) in [5.41, 5.74) is 6.50. The van der Waals surface area contributed by atoms with Gasteiger partial charge < -0.3 is 10.5 Å². The highest BCUT2D eigenvalue weighted by Crippen LogP contribution is 2.30. The topological polar surface area (TPSA) is 35.2 Å². The van der Waals surface area contributed by atoms with Gasteiger partial charge in [0.2, 0.25) is 0 Å². The lowest BCUT2D eigenvalue weighted by Gasteiger charge is -2.08. The summed E-state index contributed by atoms with van der Waals surface area (Å²) in [5.74, 6) is -0.734. The Morgan fingerprint density at radius 3 is 2.29 bits per heavy atom. The largest absolute Gasteiger partial charge is 0.497 e. The molecule has 0 aliphatic heterocycles. The molecule has 2 rings (SSSR count). The van der Waals surface area contributed by atoms with Crippen LogP contribution in [0.4, 0.5) is 14.5 Å². The van der Waals surface area contributed by atoms with Gasteiger partial charge >= 0.3 is 0 Å². The minimum Gasteiger partial charge on any atom is -0.497 e. The summed E-state index contributed by atoms with van der Waals surface area (Å²) < 4.78 is 31.4. The first kappa shape index (κ1) is 11.4. The second-order valence-electron chi connectivity index (χ2n) is 3.58. The first-order valence-electron chi connectivity index (χ1n) is 5.01. The van der Waals surface area contributed by atoms with Crippen LogP contribution in [0.1, 0.15) is 0 Å². The number of ether oxygens (including phenoxy) is 1. The lowest BCUT2D eigenvalue weighted by molar-refractivity contribution is 0.415. The summed E-state index contributed by atoms with van der Waals surface area (Å²) in [6.45, 7) is 0. The molecule has 0 amide bonds. The van der Waals surface area contributed by atoms with E-state index in [0.717, 1.165) is 6.07 Å². The minimum absolute atomic E-state index is 0.0587. The third kappa shape index (κ3) is 2.20. The van der Waals surface area contributed by atoms with Gasteiger partial charge in [0.15, 0.2) is 0 Å². The molecular weight excluding hydrogens is 224 g/mol. The maximum absolute atomic E-state index is 13.3. The quantitative estimate of drug-likeness (QED) is 0.811. The molecule has 17 heavy (non-hydrogen) atoms. The molecule has 0 atom stereocenters. The average molecular weight is 235 g/mol. The number of hydrogen-bond donors (Lipinski definition) is 1. The number of rotatable bonds is 2. The second-order valence-corrected chi connectivity index (χ2v) is 3.58. The van der Waals surface area contributed by atoms with Crippen LogP contribution >= 0.6 is 0 Å². The molecule has 2 aromatic carbocycles. The van der Waals surface area contributed by atoms with Crippen LogP contribution in [0.25, 0.3) is 11.1 Å². The molecule has 2 N–H and O–H groups in total. The van der Waals surface area contributed by atoms with Gasteiger partial charge in [0, 0.05) is 11.6 Å². The fourth-order valence-corrected chi connectivity index (χ4v) is 1.59. The lowest BCUT2D eigenvalue weighted by Crippen LogP contribution is -1.96. The molecule has 0 fully saturated rings. The molecule has 0 aliphatic carbocycles. The summed E-state index contributed by atoms with van der Waals surface area (Å²) in [6, 6.07) is 8.78. The Bertz CT molecular complexity index is 538. The zero-order chi connectivity index (χ0) is 12.4. The van der Waals surface area contributed by atoms with E-state index in [0.29, 0.717) is 16.9 Å². The molecular formula is C13H11F2NO. The van der Waals surface area contributed by atoms with Crippen molar-refractivity contribution in [2.24, 2.45) is 0 Å². The predicted octanol–water partition coefficient (Wildman–Crippen LogP) is 3.22. The van der Waals surface area contributed by atoms with Crippen LogP contribution < -0.4 is 10.5 Å². The van der Waals surface area contributed by atoms with Crippen LogP contribution in [0.15, 0.2) is 36.4 Å². The van der Waals surface area contributed by atoms with E-state index in [1.807, 2.05) is 0 Å².